The zero-order valence-corrected chi connectivity index (χ0v) is 20.2. The highest BCUT2D eigenvalue weighted by atomic mass is 32.2. The number of unbranched alkanes of at least 4 members (excludes halogenated alkanes) is 2. The summed E-state index contributed by atoms with van der Waals surface area (Å²) in [5.74, 6) is -1.10. The van der Waals surface area contributed by atoms with Crippen LogP contribution < -0.4 is 20.9 Å². The lowest BCUT2D eigenvalue weighted by Gasteiger charge is -2.19. The van der Waals surface area contributed by atoms with Gasteiger partial charge >= 0.3 is 0 Å². The highest BCUT2D eigenvalue weighted by Crippen LogP contribution is 2.30. The van der Waals surface area contributed by atoms with Gasteiger partial charge in [0.1, 0.15) is 0 Å². The van der Waals surface area contributed by atoms with E-state index < -0.39 is 31.6 Å². The molecule has 1 aliphatic rings. The predicted octanol–water partition coefficient (Wildman–Crippen LogP) is 0.496. The smallest absolute Gasteiger partial charge is 0.240 e. The fourth-order valence-electron chi connectivity index (χ4n) is 3.56. The summed E-state index contributed by atoms with van der Waals surface area (Å²) in [5, 5.41) is 0. The number of benzene rings is 2. The Bertz CT molecular complexity index is 1210. The van der Waals surface area contributed by atoms with Crippen LogP contribution in [0, 0.1) is 0 Å². The van der Waals surface area contributed by atoms with Crippen LogP contribution >= 0.6 is 0 Å². The van der Waals surface area contributed by atoms with Gasteiger partial charge < -0.3 is 11.5 Å². The van der Waals surface area contributed by atoms with Crippen LogP contribution in [0.2, 0.25) is 0 Å². The van der Waals surface area contributed by atoms with Crippen molar-refractivity contribution in [2.45, 2.75) is 35.5 Å². The molecule has 2 aromatic rings. The van der Waals surface area contributed by atoms with Gasteiger partial charge in [0, 0.05) is 35.3 Å². The molecule has 6 N–H and O–H groups in total. The SMILES string of the molecule is NCCCCNS(=O)(=O)c1ccc2c(c1)C(=O)c1ccc(S(=O)(=O)NCCCCN)cc1C2=O. The molecule has 2 aromatic carbocycles. The third-order valence-corrected chi connectivity index (χ3v) is 8.34. The van der Waals surface area contributed by atoms with Gasteiger partial charge in [0.25, 0.3) is 0 Å². The Labute approximate surface area is 199 Å². The highest BCUT2D eigenvalue weighted by Gasteiger charge is 2.32. The minimum absolute atomic E-state index is 0.0186. The number of nitrogens with one attached hydrogen (secondary N) is 2. The summed E-state index contributed by atoms with van der Waals surface area (Å²) in [4.78, 5) is 25.9. The van der Waals surface area contributed by atoms with E-state index in [0.29, 0.717) is 38.8 Å². The van der Waals surface area contributed by atoms with E-state index >= 15 is 0 Å². The number of sulfonamides is 2. The van der Waals surface area contributed by atoms with Crippen molar-refractivity contribution in [1.82, 2.24) is 9.44 Å². The first kappa shape index (κ1) is 26.1. The Morgan fingerprint density at radius 2 is 0.971 bits per heavy atom. The van der Waals surface area contributed by atoms with E-state index in [1.165, 1.54) is 36.4 Å². The highest BCUT2D eigenvalue weighted by molar-refractivity contribution is 7.89. The molecule has 1 aliphatic carbocycles. The molecule has 0 saturated heterocycles. The maximum atomic E-state index is 13.1. The normalized spacial score (nSPS) is 13.6. The molecule has 12 heteroatoms. The maximum Gasteiger partial charge on any atom is 0.240 e. The van der Waals surface area contributed by atoms with E-state index in [0.717, 1.165) is 0 Å². The number of hydrogen-bond acceptors (Lipinski definition) is 8. The van der Waals surface area contributed by atoms with Gasteiger partial charge in [-0.05, 0) is 75.2 Å². The molecule has 0 spiro atoms. The van der Waals surface area contributed by atoms with E-state index in [4.69, 9.17) is 11.5 Å². The molecule has 0 radical (unpaired) electrons. The van der Waals surface area contributed by atoms with Crippen LogP contribution in [0.25, 0.3) is 0 Å². The lowest BCUT2D eigenvalue weighted by atomic mass is 9.84. The van der Waals surface area contributed by atoms with Crippen LogP contribution in [-0.2, 0) is 20.0 Å². The largest absolute Gasteiger partial charge is 0.330 e. The van der Waals surface area contributed by atoms with Gasteiger partial charge in [-0.1, -0.05) is 0 Å². The summed E-state index contributed by atoms with van der Waals surface area (Å²) in [7, 11) is -7.76. The van der Waals surface area contributed by atoms with E-state index in [-0.39, 0.29) is 45.1 Å². The number of hydrogen-bond donors (Lipinski definition) is 4. The van der Waals surface area contributed by atoms with Gasteiger partial charge in [-0.3, -0.25) is 9.59 Å². The summed E-state index contributed by atoms with van der Waals surface area (Å²) in [5.41, 5.74) is 10.8. The van der Waals surface area contributed by atoms with Crippen molar-refractivity contribution >= 4 is 31.6 Å². The molecule has 10 nitrogen and oxygen atoms in total. The number of ketones is 2. The lowest BCUT2D eigenvalue weighted by molar-refractivity contribution is 0.0978. The fraction of sp³-hybridized carbons (Fsp3) is 0.364. The summed E-state index contributed by atoms with van der Waals surface area (Å²) in [6.45, 7) is 1.29. The van der Waals surface area contributed by atoms with Gasteiger partial charge in [-0.2, -0.15) is 0 Å². The van der Waals surface area contributed by atoms with E-state index in [2.05, 4.69) is 9.44 Å². The average molecular weight is 509 g/mol. The Morgan fingerprint density at radius 3 is 1.32 bits per heavy atom. The summed E-state index contributed by atoms with van der Waals surface area (Å²) < 4.78 is 55.2. The van der Waals surface area contributed by atoms with Crippen LogP contribution in [0.5, 0.6) is 0 Å². The molecule has 0 atom stereocenters. The van der Waals surface area contributed by atoms with Crippen LogP contribution in [-0.4, -0.2) is 54.6 Å². The van der Waals surface area contributed by atoms with Gasteiger partial charge in [0.15, 0.2) is 11.6 Å². The molecular weight excluding hydrogens is 480 g/mol. The van der Waals surface area contributed by atoms with Crippen molar-refractivity contribution in [3.63, 3.8) is 0 Å². The van der Waals surface area contributed by atoms with Crippen molar-refractivity contribution in [2.24, 2.45) is 11.5 Å². The first-order valence-corrected chi connectivity index (χ1v) is 13.9. The van der Waals surface area contributed by atoms with Crippen molar-refractivity contribution in [2.75, 3.05) is 26.2 Å². The monoisotopic (exact) mass is 508 g/mol. The lowest BCUT2D eigenvalue weighted by Crippen LogP contribution is -2.28. The second kappa shape index (κ2) is 10.8. The minimum Gasteiger partial charge on any atom is -0.330 e. The zero-order valence-electron chi connectivity index (χ0n) is 18.5. The molecule has 0 aromatic heterocycles. The molecule has 0 unspecified atom stereocenters. The van der Waals surface area contributed by atoms with Gasteiger partial charge in [-0.15, -0.1) is 0 Å². The van der Waals surface area contributed by atoms with Gasteiger partial charge in [-0.25, -0.2) is 26.3 Å². The fourth-order valence-corrected chi connectivity index (χ4v) is 5.76. The quantitative estimate of drug-likeness (QED) is 0.255. The number of fused-ring (bicyclic) bond motifs is 2. The summed E-state index contributed by atoms with van der Waals surface area (Å²) >= 11 is 0. The predicted molar refractivity (Wildman–Crippen MR) is 127 cm³/mol. The topological polar surface area (TPSA) is 179 Å². The van der Waals surface area contributed by atoms with E-state index in [1.54, 1.807) is 0 Å². The Hall–Kier alpha value is -2.48. The first-order chi connectivity index (χ1) is 16.1. The molecule has 0 amide bonds. The van der Waals surface area contributed by atoms with Crippen molar-refractivity contribution in [1.29, 1.82) is 0 Å². The van der Waals surface area contributed by atoms with E-state index in [1.807, 2.05) is 0 Å². The third kappa shape index (κ3) is 5.59. The minimum atomic E-state index is -3.88. The Morgan fingerprint density at radius 1 is 0.588 bits per heavy atom. The van der Waals surface area contributed by atoms with Crippen LogP contribution in [0.3, 0.4) is 0 Å². The molecule has 0 heterocycles. The first-order valence-electron chi connectivity index (χ1n) is 10.9. The van der Waals surface area contributed by atoms with Crippen molar-refractivity contribution in [3.05, 3.63) is 58.7 Å². The van der Waals surface area contributed by atoms with Crippen LogP contribution in [0.4, 0.5) is 0 Å². The van der Waals surface area contributed by atoms with Crippen molar-refractivity contribution in [3.8, 4) is 0 Å². The maximum absolute atomic E-state index is 13.1. The van der Waals surface area contributed by atoms with Gasteiger partial charge in [0.2, 0.25) is 20.0 Å². The molecule has 0 fully saturated rings. The number of nitrogens with two attached hydrogens (primary N) is 2. The summed E-state index contributed by atoms with van der Waals surface area (Å²) in [6.07, 6.45) is 2.46. The Balaban J connectivity index is 1.89. The molecule has 0 aliphatic heterocycles. The van der Waals surface area contributed by atoms with Gasteiger partial charge in [0.05, 0.1) is 9.79 Å². The number of carbonyl (C=O) groups is 2. The van der Waals surface area contributed by atoms with Crippen LogP contribution in [0.15, 0.2) is 46.2 Å². The Kier molecular flexibility index (Phi) is 8.34. The molecule has 0 saturated carbocycles. The summed E-state index contributed by atoms with van der Waals surface area (Å²) in [6, 6.07) is 7.40. The number of carbonyl (C=O) groups excluding carboxylic acids is 2. The average Bonchev–Trinajstić information content (AvgIpc) is 2.82. The second-order valence-electron chi connectivity index (χ2n) is 7.86. The van der Waals surface area contributed by atoms with E-state index in [9.17, 15) is 26.4 Å². The molecule has 3 rings (SSSR count). The standard InChI is InChI=1S/C22H28N4O6S2/c23-9-1-3-11-25-33(29,30)15-5-7-17-19(13-15)21(27)18-8-6-16(14-20(18)22(17)28)34(31,32)26-12-4-2-10-24/h5-8,13-14,25-26H,1-4,9-12,23-24H2. The molecular formula is C22H28N4O6S2. The van der Waals surface area contributed by atoms with Crippen LogP contribution in [0.1, 0.15) is 57.5 Å². The second-order valence-corrected chi connectivity index (χ2v) is 11.4. The molecule has 184 valence electrons. The zero-order chi connectivity index (χ0) is 24.9. The molecule has 34 heavy (non-hydrogen) atoms. The molecule has 0 bridgehead atoms. The number of rotatable bonds is 12. The third-order valence-electron chi connectivity index (χ3n) is 5.43. The van der Waals surface area contributed by atoms with Crippen molar-refractivity contribution < 1.29 is 26.4 Å².